The fraction of sp³-hybridized carbons (Fsp3) is 0.182. The first kappa shape index (κ1) is 26.0. The fourth-order valence-electron chi connectivity index (χ4n) is 2.57. The third kappa shape index (κ3) is 6.30. The van der Waals surface area contributed by atoms with E-state index in [1.807, 2.05) is 6.92 Å². The number of aromatic nitrogens is 2. The van der Waals surface area contributed by atoms with Crippen molar-refractivity contribution in [2.45, 2.75) is 36.1 Å². The Hall–Kier alpha value is -3.60. The molecule has 35 heavy (non-hydrogen) atoms. The second-order valence-corrected chi connectivity index (χ2v) is 12.2. The second kappa shape index (κ2) is 10.3. The third-order valence-corrected chi connectivity index (χ3v) is 8.51. The SMILES string of the molecule is Cc1ccc(S(=O)(=O)Oc2ccc(C=C(C#N)C(=O)Nc3nc(S(=O)(=O)C(C)C)ns3)cc2)cc1. The zero-order valence-corrected chi connectivity index (χ0v) is 21.2. The Bertz CT molecular complexity index is 1520. The number of amides is 1. The van der Waals surface area contributed by atoms with Crippen LogP contribution in [0.25, 0.3) is 6.08 Å². The van der Waals surface area contributed by atoms with E-state index in [0.717, 1.165) is 5.56 Å². The predicted molar refractivity (Wildman–Crippen MR) is 130 cm³/mol. The van der Waals surface area contributed by atoms with Crippen LogP contribution in [0.4, 0.5) is 5.13 Å². The van der Waals surface area contributed by atoms with E-state index >= 15 is 0 Å². The lowest BCUT2D eigenvalue weighted by Crippen LogP contribution is -2.16. The van der Waals surface area contributed by atoms with Crippen molar-refractivity contribution in [3.8, 4) is 11.8 Å². The minimum atomic E-state index is -4.02. The molecule has 3 aromatic rings. The molecule has 0 aliphatic carbocycles. The lowest BCUT2D eigenvalue weighted by molar-refractivity contribution is -0.112. The van der Waals surface area contributed by atoms with Crippen LogP contribution in [0.15, 0.2) is 64.2 Å². The molecule has 0 saturated carbocycles. The number of nitrogens with one attached hydrogen (secondary N) is 1. The van der Waals surface area contributed by atoms with Gasteiger partial charge in [0.1, 0.15) is 22.3 Å². The number of nitrogens with zero attached hydrogens (tertiary/aromatic N) is 3. The van der Waals surface area contributed by atoms with Gasteiger partial charge >= 0.3 is 10.1 Å². The normalized spacial score (nSPS) is 12.3. The largest absolute Gasteiger partial charge is 0.379 e. The monoisotopic (exact) mass is 532 g/mol. The summed E-state index contributed by atoms with van der Waals surface area (Å²) in [6.07, 6.45) is 1.28. The molecule has 10 nitrogen and oxygen atoms in total. The van der Waals surface area contributed by atoms with E-state index in [0.29, 0.717) is 17.1 Å². The second-order valence-electron chi connectivity index (χ2n) is 7.52. The van der Waals surface area contributed by atoms with Crippen molar-refractivity contribution in [2.75, 3.05) is 5.32 Å². The molecular weight excluding hydrogens is 512 g/mol. The van der Waals surface area contributed by atoms with Crippen LogP contribution in [0.2, 0.25) is 0 Å². The number of rotatable bonds is 8. The Labute approximate surface area is 207 Å². The van der Waals surface area contributed by atoms with E-state index in [2.05, 4.69) is 14.7 Å². The summed E-state index contributed by atoms with van der Waals surface area (Å²) in [5, 5.41) is 10.5. The van der Waals surface area contributed by atoms with E-state index in [1.165, 1.54) is 56.3 Å². The number of nitriles is 1. The van der Waals surface area contributed by atoms with Gasteiger partial charge in [-0.1, -0.05) is 29.8 Å². The van der Waals surface area contributed by atoms with Gasteiger partial charge in [0.05, 0.1) is 5.25 Å². The summed E-state index contributed by atoms with van der Waals surface area (Å²) in [5.41, 5.74) is 1.05. The Balaban J connectivity index is 1.72. The highest BCUT2D eigenvalue weighted by atomic mass is 32.2. The smallest absolute Gasteiger partial charge is 0.339 e. The number of carbonyl (C=O) groups excluding carboxylic acids is 1. The number of hydrogen-bond donors (Lipinski definition) is 1. The minimum Gasteiger partial charge on any atom is -0.379 e. The molecule has 2 aromatic carbocycles. The molecule has 13 heteroatoms. The first-order chi connectivity index (χ1) is 16.4. The lowest BCUT2D eigenvalue weighted by atomic mass is 10.1. The van der Waals surface area contributed by atoms with Crippen LogP contribution < -0.4 is 9.50 Å². The molecule has 182 valence electrons. The Kier molecular flexibility index (Phi) is 7.69. The van der Waals surface area contributed by atoms with E-state index in [4.69, 9.17) is 4.18 Å². The fourth-order valence-corrected chi connectivity index (χ4v) is 5.19. The van der Waals surface area contributed by atoms with Crippen molar-refractivity contribution < 1.29 is 25.8 Å². The molecule has 0 bridgehead atoms. The Morgan fingerprint density at radius 3 is 2.29 bits per heavy atom. The summed E-state index contributed by atoms with van der Waals surface area (Å²) in [4.78, 5) is 16.3. The Morgan fingerprint density at radius 1 is 1.09 bits per heavy atom. The summed E-state index contributed by atoms with van der Waals surface area (Å²) in [5.74, 6) is -0.752. The van der Waals surface area contributed by atoms with Gasteiger partial charge in [-0.25, -0.2) is 8.42 Å². The Morgan fingerprint density at radius 2 is 1.71 bits per heavy atom. The zero-order chi connectivity index (χ0) is 25.8. The molecule has 1 N–H and O–H groups in total. The molecule has 1 heterocycles. The standard InChI is InChI=1S/C22H20N4O6S3/c1-14(2)34(28,29)22-25-21(33-26-22)24-20(27)17(13-23)12-16-6-8-18(9-7-16)32-35(30,31)19-10-4-15(3)5-11-19/h4-12,14H,1-3H3,(H,24,25,26,27). The maximum Gasteiger partial charge on any atom is 0.339 e. The van der Waals surface area contributed by atoms with Gasteiger partial charge in [-0.05, 0) is 56.7 Å². The molecule has 0 saturated heterocycles. The topological polar surface area (TPSA) is 156 Å². The highest BCUT2D eigenvalue weighted by Crippen LogP contribution is 2.22. The third-order valence-electron chi connectivity index (χ3n) is 4.57. The van der Waals surface area contributed by atoms with Crippen molar-refractivity contribution >= 4 is 48.6 Å². The molecule has 0 aliphatic heterocycles. The quantitative estimate of drug-likeness (QED) is 0.261. The van der Waals surface area contributed by atoms with Crippen molar-refractivity contribution in [3.05, 3.63) is 65.2 Å². The molecule has 1 aromatic heterocycles. The van der Waals surface area contributed by atoms with Crippen LogP contribution in [-0.2, 0) is 24.7 Å². The summed E-state index contributed by atoms with van der Waals surface area (Å²) >= 11 is 0.680. The molecule has 0 atom stereocenters. The number of hydrogen-bond acceptors (Lipinski definition) is 10. The number of carbonyl (C=O) groups is 1. The first-order valence-electron chi connectivity index (χ1n) is 10.0. The summed E-state index contributed by atoms with van der Waals surface area (Å²) in [6.45, 7) is 4.81. The zero-order valence-electron chi connectivity index (χ0n) is 18.8. The van der Waals surface area contributed by atoms with Crippen molar-refractivity contribution in [1.29, 1.82) is 5.26 Å². The molecular formula is C22H20N4O6S3. The van der Waals surface area contributed by atoms with Gasteiger partial charge in [-0.2, -0.15) is 23.0 Å². The predicted octanol–water partition coefficient (Wildman–Crippen LogP) is 3.34. The van der Waals surface area contributed by atoms with E-state index < -0.39 is 36.3 Å². The van der Waals surface area contributed by atoms with Crippen molar-refractivity contribution in [2.24, 2.45) is 0 Å². The van der Waals surface area contributed by atoms with Gasteiger partial charge in [0.2, 0.25) is 15.0 Å². The van der Waals surface area contributed by atoms with Gasteiger partial charge in [0.15, 0.2) is 0 Å². The van der Waals surface area contributed by atoms with E-state index in [1.54, 1.807) is 18.2 Å². The number of sulfone groups is 1. The maximum atomic E-state index is 12.5. The van der Waals surface area contributed by atoms with Crippen LogP contribution in [-0.4, -0.2) is 37.4 Å². The van der Waals surface area contributed by atoms with Gasteiger partial charge in [-0.3, -0.25) is 10.1 Å². The lowest BCUT2D eigenvalue weighted by Gasteiger charge is -2.07. The molecule has 1 amide bonds. The van der Waals surface area contributed by atoms with Gasteiger partial charge in [-0.15, -0.1) is 0 Å². The molecule has 0 spiro atoms. The average molecular weight is 533 g/mol. The molecule has 0 radical (unpaired) electrons. The van der Waals surface area contributed by atoms with Crippen LogP contribution in [0.1, 0.15) is 25.0 Å². The number of aryl methyl sites for hydroxylation is 1. The van der Waals surface area contributed by atoms with Crippen LogP contribution in [0.3, 0.4) is 0 Å². The van der Waals surface area contributed by atoms with Crippen molar-refractivity contribution in [1.82, 2.24) is 9.36 Å². The van der Waals surface area contributed by atoms with Gasteiger partial charge in [0, 0.05) is 11.5 Å². The van der Waals surface area contributed by atoms with E-state index in [9.17, 15) is 26.9 Å². The first-order valence-corrected chi connectivity index (χ1v) is 13.8. The number of anilines is 1. The summed E-state index contributed by atoms with van der Waals surface area (Å²) in [7, 11) is -7.72. The van der Waals surface area contributed by atoms with Crippen LogP contribution in [0.5, 0.6) is 5.75 Å². The number of benzene rings is 2. The maximum absolute atomic E-state index is 12.5. The summed E-state index contributed by atoms with van der Waals surface area (Å²) in [6, 6.07) is 13.7. The average Bonchev–Trinajstić information content (AvgIpc) is 3.27. The minimum absolute atomic E-state index is 0.0107. The highest BCUT2D eigenvalue weighted by Gasteiger charge is 2.25. The molecule has 3 rings (SSSR count). The molecule has 0 fully saturated rings. The van der Waals surface area contributed by atoms with Gasteiger partial charge in [0.25, 0.3) is 11.1 Å². The summed E-state index contributed by atoms with van der Waals surface area (Å²) < 4.78 is 58.0. The molecule has 0 aliphatic rings. The van der Waals surface area contributed by atoms with E-state index in [-0.39, 0.29) is 21.3 Å². The van der Waals surface area contributed by atoms with Crippen LogP contribution >= 0.6 is 11.5 Å². The highest BCUT2D eigenvalue weighted by molar-refractivity contribution is 7.91. The van der Waals surface area contributed by atoms with Gasteiger partial charge < -0.3 is 4.18 Å². The van der Waals surface area contributed by atoms with Crippen LogP contribution in [0, 0.1) is 18.3 Å². The van der Waals surface area contributed by atoms with Crippen molar-refractivity contribution in [3.63, 3.8) is 0 Å². The molecule has 0 unspecified atom stereocenters.